The van der Waals surface area contributed by atoms with Gasteiger partial charge in [-0.25, -0.2) is 0 Å². The molecule has 0 heterocycles. The topological polar surface area (TPSA) is 18.5 Å². The molecule has 0 N–H and O–H groups in total. The van der Waals surface area contributed by atoms with Crippen LogP contribution in [0.2, 0.25) is 0 Å². The van der Waals surface area contributed by atoms with E-state index in [9.17, 15) is 0 Å². The Morgan fingerprint density at radius 2 is 1.27 bits per heavy atom. The van der Waals surface area contributed by atoms with E-state index in [0.29, 0.717) is 6.10 Å². The Balaban J connectivity index is 0.000000225. The van der Waals surface area contributed by atoms with Crippen molar-refractivity contribution >= 4 is 0 Å². The van der Waals surface area contributed by atoms with E-state index in [1.165, 1.54) is 17.5 Å². The molecule has 0 spiro atoms. The van der Waals surface area contributed by atoms with E-state index in [-0.39, 0.29) is 0 Å². The molecule has 2 aromatic carbocycles. The van der Waals surface area contributed by atoms with Gasteiger partial charge >= 0.3 is 0 Å². The first kappa shape index (κ1) is 18.4. The number of hydrogen-bond acceptors (Lipinski definition) is 2. The van der Waals surface area contributed by atoms with Gasteiger partial charge in [-0.1, -0.05) is 60.7 Å². The molecular formula is C20H28O2. The molecule has 0 aliphatic heterocycles. The van der Waals surface area contributed by atoms with Crippen molar-refractivity contribution in [3.8, 4) is 11.1 Å². The van der Waals surface area contributed by atoms with E-state index in [0.717, 1.165) is 19.4 Å². The average molecular weight is 300 g/mol. The van der Waals surface area contributed by atoms with Crippen LogP contribution < -0.4 is 0 Å². The van der Waals surface area contributed by atoms with Crippen LogP contribution in [0, 0.1) is 0 Å². The maximum absolute atomic E-state index is 5.09. The van der Waals surface area contributed by atoms with Gasteiger partial charge in [0.1, 0.15) is 0 Å². The monoisotopic (exact) mass is 300 g/mol. The van der Waals surface area contributed by atoms with Gasteiger partial charge in [0.15, 0.2) is 0 Å². The van der Waals surface area contributed by atoms with Crippen molar-refractivity contribution in [2.45, 2.75) is 32.3 Å². The first-order valence-electron chi connectivity index (χ1n) is 7.90. The Morgan fingerprint density at radius 3 is 1.68 bits per heavy atom. The smallest absolute Gasteiger partial charge is 0.0543 e. The minimum atomic E-state index is 0.400. The molecule has 120 valence electrons. The lowest BCUT2D eigenvalue weighted by atomic mass is 10.1. The van der Waals surface area contributed by atoms with Crippen molar-refractivity contribution in [2.24, 2.45) is 0 Å². The van der Waals surface area contributed by atoms with Crippen LogP contribution >= 0.6 is 0 Å². The van der Waals surface area contributed by atoms with Crippen molar-refractivity contribution in [3.63, 3.8) is 0 Å². The molecule has 0 fully saturated rings. The van der Waals surface area contributed by atoms with Crippen molar-refractivity contribution in [1.29, 1.82) is 0 Å². The molecule has 0 aliphatic rings. The van der Waals surface area contributed by atoms with Crippen LogP contribution in [0.25, 0.3) is 11.1 Å². The molecule has 1 unspecified atom stereocenters. The summed E-state index contributed by atoms with van der Waals surface area (Å²) < 4.78 is 10.0. The van der Waals surface area contributed by atoms with Crippen molar-refractivity contribution in [3.05, 3.63) is 60.7 Å². The molecule has 0 amide bonds. The highest BCUT2D eigenvalue weighted by Gasteiger charge is 1.97. The standard InChI is InChI=1S/C12H10.C8H18O2/c1-3-7-11(8-4-1)12-9-5-2-6-10-12;1-8(10-3)6-4-5-7-9-2/h1-10H;8H,4-7H2,1-3H3. The molecule has 1 atom stereocenters. The van der Waals surface area contributed by atoms with E-state index in [4.69, 9.17) is 9.47 Å². The third kappa shape index (κ3) is 7.96. The van der Waals surface area contributed by atoms with Gasteiger partial charge in [-0.3, -0.25) is 0 Å². The first-order valence-corrected chi connectivity index (χ1v) is 7.90. The first-order chi connectivity index (χ1) is 10.8. The highest BCUT2D eigenvalue weighted by molar-refractivity contribution is 5.62. The van der Waals surface area contributed by atoms with Gasteiger partial charge in [0.25, 0.3) is 0 Å². The molecule has 0 aliphatic carbocycles. The van der Waals surface area contributed by atoms with Crippen LogP contribution in [0.15, 0.2) is 60.7 Å². The van der Waals surface area contributed by atoms with E-state index in [2.05, 4.69) is 55.5 Å². The third-order valence-corrected chi connectivity index (χ3v) is 3.49. The number of unbranched alkanes of at least 4 members (excludes halogenated alkanes) is 1. The Morgan fingerprint density at radius 1 is 0.773 bits per heavy atom. The Hall–Kier alpha value is -1.64. The summed E-state index contributed by atoms with van der Waals surface area (Å²) in [7, 11) is 3.49. The summed E-state index contributed by atoms with van der Waals surface area (Å²) in [5, 5.41) is 0. The predicted octanol–water partition coefficient (Wildman–Crippen LogP) is 5.19. The summed E-state index contributed by atoms with van der Waals surface area (Å²) >= 11 is 0. The van der Waals surface area contributed by atoms with Crippen LogP contribution in [0.1, 0.15) is 26.2 Å². The van der Waals surface area contributed by atoms with Crippen LogP contribution in [0.4, 0.5) is 0 Å². The van der Waals surface area contributed by atoms with E-state index in [1.54, 1.807) is 14.2 Å². The lowest BCUT2D eigenvalue weighted by molar-refractivity contribution is 0.105. The number of hydrogen-bond donors (Lipinski definition) is 0. The predicted molar refractivity (Wildman–Crippen MR) is 94.1 cm³/mol. The van der Waals surface area contributed by atoms with Gasteiger partial charge in [0.05, 0.1) is 6.10 Å². The maximum Gasteiger partial charge on any atom is 0.0543 e. The fourth-order valence-corrected chi connectivity index (χ4v) is 2.06. The van der Waals surface area contributed by atoms with Crippen LogP contribution in [0.5, 0.6) is 0 Å². The normalized spacial score (nSPS) is 11.4. The molecule has 2 heteroatoms. The number of methoxy groups -OCH3 is 2. The summed E-state index contributed by atoms with van der Waals surface area (Å²) in [5.74, 6) is 0. The number of benzene rings is 2. The maximum atomic E-state index is 5.09. The Labute approximate surface area is 135 Å². The van der Waals surface area contributed by atoms with E-state index in [1.807, 2.05) is 12.1 Å². The SMILES string of the molecule is COCCCCC(C)OC.c1ccc(-c2ccccc2)cc1. The van der Waals surface area contributed by atoms with Gasteiger partial charge in [-0.2, -0.15) is 0 Å². The Kier molecular flexibility index (Phi) is 10.0. The van der Waals surface area contributed by atoms with Crippen molar-refractivity contribution in [2.75, 3.05) is 20.8 Å². The van der Waals surface area contributed by atoms with E-state index >= 15 is 0 Å². The number of ether oxygens (including phenoxy) is 2. The molecule has 0 radical (unpaired) electrons. The van der Waals surface area contributed by atoms with Crippen molar-refractivity contribution in [1.82, 2.24) is 0 Å². The zero-order valence-electron chi connectivity index (χ0n) is 14.0. The second-order valence-corrected chi connectivity index (χ2v) is 5.27. The van der Waals surface area contributed by atoms with Crippen molar-refractivity contribution < 1.29 is 9.47 Å². The molecule has 0 saturated carbocycles. The fraction of sp³-hybridized carbons (Fsp3) is 0.400. The third-order valence-electron chi connectivity index (χ3n) is 3.49. The molecule has 0 bridgehead atoms. The summed E-state index contributed by atoms with van der Waals surface area (Å²) in [4.78, 5) is 0. The lowest BCUT2D eigenvalue weighted by Gasteiger charge is -2.07. The molecule has 2 rings (SSSR count). The molecule has 0 saturated heterocycles. The Bertz CT molecular complexity index is 430. The van der Waals surface area contributed by atoms with Gasteiger partial charge < -0.3 is 9.47 Å². The summed E-state index contributed by atoms with van der Waals surface area (Å²) in [6, 6.07) is 20.8. The van der Waals surface area contributed by atoms with Gasteiger partial charge in [0.2, 0.25) is 0 Å². The van der Waals surface area contributed by atoms with Gasteiger partial charge in [-0.05, 0) is 37.3 Å². The molecule has 2 aromatic rings. The second-order valence-electron chi connectivity index (χ2n) is 5.27. The van der Waals surface area contributed by atoms with Crippen LogP contribution in [-0.4, -0.2) is 26.9 Å². The molecular weight excluding hydrogens is 272 g/mol. The molecule has 2 nitrogen and oxygen atoms in total. The quantitative estimate of drug-likeness (QED) is 0.655. The summed E-state index contributed by atoms with van der Waals surface area (Å²) in [5.41, 5.74) is 2.55. The van der Waals surface area contributed by atoms with Gasteiger partial charge in [0, 0.05) is 20.8 Å². The minimum Gasteiger partial charge on any atom is -0.385 e. The largest absolute Gasteiger partial charge is 0.385 e. The van der Waals surface area contributed by atoms with Crippen LogP contribution in [0.3, 0.4) is 0 Å². The minimum absolute atomic E-state index is 0.400. The lowest BCUT2D eigenvalue weighted by Crippen LogP contribution is -2.04. The molecule has 0 aromatic heterocycles. The molecule has 22 heavy (non-hydrogen) atoms. The second kappa shape index (κ2) is 12.0. The zero-order valence-corrected chi connectivity index (χ0v) is 14.0. The number of rotatable bonds is 7. The fourth-order valence-electron chi connectivity index (χ4n) is 2.06. The zero-order chi connectivity index (χ0) is 16.0. The van der Waals surface area contributed by atoms with E-state index < -0.39 is 0 Å². The summed E-state index contributed by atoms with van der Waals surface area (Å²) in [6.45, 7) is 2.96. The highest BCUT2D eigenvalue weighted by atomic mass is 16.5. The summed E-state index contributed by atoms with van der Waals surface area (Å²) in [6.07, 6.45) is 3.88. The highest BCUT2D eigenvalue weighted by Crippen LogP contribution is 2.17. The van der Waals surface area contributed by atoms with Gasteiger partial charge in [-0.15, -0.1) is 0 Å². The average Bonchev–Trinajstić information content (AvgIpc) is 2.60. The van der Waals surface area contributed by atoms with Crippen LogP contribution in [-0.2, 0) is 9.47 Å².